The minimum atomic E-state index is -0.00755. The van der Waals surface area contributed by atoms with Gasteiger partial charge >= 0.3 is 0 Å². The van der Waals surface area contributed by atoms with Gasteiger partial charge in [-0.3, -0.25) is 4.79 Å². The Kier molecular flexibility index (Phi) is 4.28. The standard InChI is InChI=1S/C17H22N4O2S/c22-15(14-2-4-18-10-14)20-6-1-3-17(11-20)12-21(7-8-23-13-17)16-19-5-9-24-16/h2,4-5,9-10,18H,1,3,6-8,11-13H2. The lowest BCUT2D eigenvalue weighted by atomic mass is 9.80. The summed E-state index contributed by atoms with van der Waals surface area (Å²) in [5.41, 5.74) is 0.727. The van der Waals surface area contributed by atoms with Gasteiger partial charge in [-0.1, -0.05) is 0 Å². The van der Waals surface area contributed by atoms with Gasteiger partial charge in [0.25, 0.3) is 5.91 Å². The quantitative estimate of drug-likeness (QED) is 0.906. The van der Waals surface area contributed by atoms with Crippen molar-refractivity contribution in [3.05, 3.63) is 35.6 Å². The van der Waals surface area contributed by atoms with E-state index in [9.17, 15) is 4.79 Å². The van der Waals surface area contributed by atoms with Crippen LogP contribution in [-0.2, 0) is 4.74 Å². The van der Waals surface area contributed by atoms with Crippen molar-refractivity contribution in [1.82, 2.24) is 14.9 Å². The van der Waals surface area contributed by atoms with Crippen molar-refractivity contribution in [2.75, 3.05) is 44.3 Å². The number of piperidine rings is 1. The summed E-state index contributed by atoms with van der Waals surface area (Å²) >= 11 is 1.67. The van der Waals surface area contributed by atoms with Gasteiger partial charge in [0.1, 0.15) is 0 Å². The summed E-state index contributed by atoms with van der Waals surface area (Å²) in [6, 6.07) is 1.84. The monoisotopic (exact) mass is 346 g/mol. The molecule has 4 heterocycles. The predicted octanol–water partition coefficient (Wildman–Crippen LogP) is 2.23. The lowest BCUT2D eigenvalue weighted by Gasteiger charge is -2.43. The van der Waals surface area contributed by atoms with Crippen LogP contribution < -0.4 is 4.90 Å². The molecule has 1 unspecified atom stereocenters. The molecule has 0 bridgehead atoms. The molecule has 0 aliphatic carbocycles. The molecule has 0 saturated carbocycles. The minimum Gasteiger partial charge on any atom is -0.379 e. The molecule has 2 aliphatic rings. The first kappa shape index (κ1) is 15.7. The molecule has 1 atom stereocenters. The fraction of sp³-hybridized carbons (Fsp3) is 0.529. The number of aromatic nitrogens is 2. The van der Waals surface area contributed by atoms with Gasteiger partial charge in [0.05, 0.1) is 18.8 Å². The summed E-state index contributed by atoms with van der Waals surface area (Å²) in [6.45, 7) is 4.76. The minimum absolute atomic E-state index is 0.00755. The number of amides is 1. The Labute approximate surface area is 145 Å². The first-order valence-electron chi connectivity index (χ1n) is 8.40. The maximum Gasteiger partial charge on any atom is 0.255 e. The predicted molar refractivity (Wildman–Crippen MR) is 93.5 cm³/mol. The number of carbonyl (C=O) groups is 1. The molecule has 2 aromatic heterocycles. The van der Waals surface area contributed by atoms with Crippen LogP contribution >= 0.6 is 11.3 Å². The molecule has 128 valence electrons. The molecular weight excluding hydrogens is 324 g/mol. The summed E-state index contributed by atoms with van der Waals surface area (Å²) in [5.74, 6) is 0.111. The van der Waals surface area contributed by atoms with Crippen molar-refractivity contribution >= 4 is 22.4 Å². The molecule has 1 amide bonds. The summed E-state index contributed by atoms with van der Waals surface area (Å²) in [6.07, 6.45) is 7.53. The van der Waals surface area contributed by atoms with Crippen LogP contribution in [0.5, 0.6) is 0 Å². The van der Waals surface area contributed by atoms with Crippen LogP contribution in [0.2, 0.25) is 0 Å². The summed E-state index contributed by atoms with van der Waals surface area (Å²) in [7, 11) is 0. The van der Waals surface area contributed by atoms with Crippen molar-refractivity contribution in [3.8, 4) is 0 Å². The largest absolute Gasteiger partial charge is 0.379 e. The number of H-pyrrole nitrogens is 1. The lowest BCUT2D eigenvalue weighted by molar-refractivity contribution is 0.0135. The van der Waals surface area contributed by atoms with E-state index in [1.807, 2.05) is 22.5 Å². The molecule has 1 N–H and O–H groups in total. The van der Waals surface area contributed by atoms with Gasteiger partial charge < -0.3 is 19.5 Å². The highest BCUT2D eigenvalue weighted by atomic mass is 32.1. The fourth-order valence-electron chi connectivity index (χ4n) is 3.80. The summed E-state index contributed by atoms with van der Waals surface area (Å²) in [5, 5.41) is 3.06. The molecule has 24 heavy (non-hydrogen) atoms. The Morgan fingerprint density at radius 1 is 1.38 bits per heavy atom. The number of anilines is 1. The number of nitrogens with one attached hydrogen (secondary N) is 1. The molecular formula is C17H22N4O2S. The molecule has 1 spiro atoms. The number of carbonyl (C=O) groups excluding carboxylic acids is 1. The van der Waals surface area contributed by atoms with E-state index in [-0.39, 0.29) is 11.3 Å². The number of ether oxygens (including phenoxy) is 1. The summed E-state index contributed by atoms with van der Waals surface area (Å²) < 4.78 is 5.93. The number of thiazole rings is 1. The van der Waals surface area contributed by atoms with Gasteiger partial charge in [-0.15, -0.1) is 11.3 Å². The Bertz CT molecular complexity index is 673. The molecule has 4 rings (SSSR count). The van der Waals surface area contributed by atoms with E-state index in [4.69, 9.17) is 4.74 Å². The highest BCUT2D eigenvalue weighted by Crippen LogP contribution is 2.35. The molecule has 2 fully saturated rings. The average Bonchev–Trinajstić information content (AvgIpc) is 3.28. The van der Waals surface area contributed by atoms with Crippen LogP contribution in [0.1, 0.15) is 23.2 Å². The number of nitrogens with zero attached hydrogens (tertiary/aromatic N) is 3. The molecule has 0 radical (unpaired) electrons. The van der Waals surface area contributed by atoms with E-state index in [1.54, 1.807) is 23.7 Å². The Morgan fingerprint density at radius 2 is 2.33 bits per heavy atom. The second-order valence-electron chi connectivity index (χ2n) is 6.72. The zero-order valence-electron chi connectivity index (χ0n) is 13.6. The van der Waals surface area contributed by atoms with Crippen LogP contribution in [-0.4, -0.2) is 60.2 Å². The molecule has 6 nitrogen and oxygen atoms in total. The highest BCUT2D eigenvalue weighted by molar-refractivity contribution is 7.13. The smallest absolute Gasteiger partial charge is 0.255 e. The molecule has 0 aromatic carbocycles. The van der Waals surface area contributed by atoms with E-state index in [0.29, 0.717) is 13.2 Å². The van der Waals surface area contributed by atoms with Crippen LogP contribution in [0.25, 0.3) is 0 Å². The van der Waals surface area contributed by atoms with Gasteiger partial charge in [0.2, 0.25) is 0 Å². The van der Waals surface area contributed by atoms with E-state index < -0.39 is 0 Å². The van der Waals surface area contributed by atoms with Gasteiger partial charge in [-0.05, 0) is 18.9 Å². The third-order valence-corrected chi connectivity index (χ3v) is 5.76. The summed E-state index contributed by atoms with van der Waals surface area (Å²) in [4.78, 5) is 24.5. The normalized spacial score (nSPS) is 25.0. The van der Waals surface area contributed by atoms with Crippen molar-refractivity contribution in [2.24, 2.45) is 5.41 Å². The first-order valence-corrected chi connectivity index (χ1v) is 9.28. The van der Waals surface area contributed by atoms with E-state index in [2.05, 4.69) is 14.9 Å². The molecule has 2 aromatic rings. The van der Waals surface area contributed by atoms with Crippen molar-refractivity contribution in [2.45, 2.75) is 12.8 Å². The molecule has 2 saturated heterocycles. The second-order valence-corrected chi connectivity index (χ2v) is 7.59. The van der Waals surface area contributed by atoms with E-state index >= 15 is 0 Å². The van der Waals surface area contributed by atoms with Gasteiger partial charge in [0.15, 0.2) is 5.13 Å². The van der Waals surface area contributed by atoms with Crippen LogP contribution in [0.3, 0.4) is 0 Å². The van der Waals surface area contributed by atoms with Crippen LogP contribution in [0.15, 0.2) is 30.0 Å². The fourth-order valence-corrected chi connectivity index (χ4v) is 4.47. The van der Waals surface area contributed by atoms with Gasteiger partial charge in [0, 0.05) is 55.6 Å². The topological polar surface area (TPSA) is 61.5 Å². The number of hydrogen-bond donors (Lipinski definition) is 1. The second kappa shape index (κ2) is 6.57. The van der Waals surface area contributed by atoms with Gasteiger partial charge in [-0.2, -0.15) is 0 Å². The van der Waals surface area contributed by atoms with Crippen molar-refractivity contribution < 1.29 is 9.53 Å². The first-order chi connectivity index (χ1) is 11.8. The number of rotatable bonds is 2. The van der Waals surface area contributed by atoms with E-state index in [1.165, 1.54) is 0 Å². The van der Waals surface area contributed by atoms with Crippen LogP contribution in [0.4, 0.5) is 5.13 Å². The molecule has 7 heteroatoms. The maximum absolute atomic E-state index is 12.7. The average molecular weight is 346 g/mol. The number of aromatic amines is 1. The third-order valence-electron chi connectivity index (χ3n) is 4.92. The van der Waals surface area contributed by atoms with Gasteiger partial charge in [-0.25, -0.2) is 4.98 Å². The zero-order valence-corrected chi connectivity index (χ0v) is 14.4. The lowest BCUT2D eigenvalue weighted by Crippen LogP contribution is -2.52. The maximum atomic E-state index is 12.7. The SMILES string of the molecule is O=C(c1cc[nH]c1)N1CCCC2(COCCN(c3nccs3)C2)C1. The number of likely N-dealkylation sites (tertiary alicyclic amines) is 1. The Hall–Kier alpha value is -1.86. The molecule has 2 aliphatic heterocycles. The zero-order chi connectivity index (χ0) is 16.4. The Balaban J connectivity index is 1.53. The van der Waals surface area contributed by atoms with Crippen molar-refractivity contribution in [1.29, 1.82) is 0 Å². The van der Waals surface area contributed by atoms with Crippen molar-refractivity contribution in [3.63, 3.8) is 0 Å². The van der Waals surface area contributed by atoms with E-state index in [0.717, 1.165) is 49.7 Å². The number of hydrogen-bond acceptors (Lipinski definition) is 5. The Morgan fingerprint density at radius 3 is 3.12 bits per heavy atom. The van der Waals surface area contributed by atoms with Crippen LogP contribution in [0, 0.1) is 5.41 Å². The third kappa shape index (κ3) is 3.06. The highest BCUT2D eigenvalue weighted by Gasteiger charge is 2.40.